The predicted octanol–water partition coefficient (Wildman–Crippen LogP) is 0.892. The number of nitriles is 1. The Kier molecular flexibility index (Phi) is 5.64. The lowest BCUT2D eigenvalue weighted by Crippen LogP contribution is -2.40. The van der Waals surface area contributed by atoms with Gasteiger partial charge in [0, 0.05) is 17.8 Å². The molecule has 0 spiro atoms. The van der Waals surface area contributed by atoms with E-state index in [1.807, 2.05) is 17.8 Å². The lowest BCUT2D eigenvalue weighted by Gasteiger charge is -2.22. The van der Waals surface area contributed by atoms with E-state index in [-0.39, 0.29) is 5.91 Å². The third-order valence-corrected chi connectivity index (χ3v) is 4.18. The molecule has 0 aromatic rings. The van der Waals surface area contributed by atoms with Crippen LogP contribution in [-0.4, -0.2) is 36.0 Å². The van der Waals surface area contributed by atoms with Crippen LogP contribution in [0.4, 0.5) is 0 Å². The van der Waals surface area contributed by atoms with Crippen molar-refractivity contribution in [3.8, 4) is 6.07 Å². The predicted molar refractivity (Wildman–Crippen MR) is 66.2 cm³/mol. The molecule has 2 N–H and O–H groups in total. The number of nitrogens with one attached hydrogen (secondary N) is 2. The van der Waals surface area contributed by atoms with E-state index >= 15 is 0 Å². The molecule has 90 valence electrons. The maximum Gasteiger partial charge on any atom is 0.233 e. The van der Waals surface area contributed by atoms with Crippen LogP contribution in [0.25, 0.3) is 0 Å². The summed E-state index contributed by atoms with van der Waals surface area (Å²) in [6, 6.07) is 1.99. The Morgan fingerprint density at radius 3 is 3.06 bits per heavy atom. The summed E-state index contributed by atoms with van der Waals surface area (Å²) in [6.45, 7) is 3.92. The zero-order valence-corrected chi connectivity index (χ0v) is 10.5. The van der Waals surface area contributed by atoms with Gasteiger partial charge in [0.25, 0.3) is 0 Å². The third-order valence-electron chi connectivity index (χ3n) is 2.64. The molecule has 1 unspecified atom stereocenters. The van der Waals surface area contributed by atoms with E-state index < -0.39 is 0 Å². The monoisotopic (exact) mass is 241 g/mol. The fourth-order valence-electron chi connectivity index (χ4n) is 1.74. The molecule has 1 saturated heterocycles. The molecule has 1 fully saturated rings. The molecular formula is C11H19N3OS. The summed E-state index contributed by atoms with van der Waals surface area (Å²) in [6.07, 6.45) is 2.87. The van der Waals surface area contributed by atoms with Gasteiger partial charge >= 0.3 is 0 Å². The third kappa shape index (κ3) is 4.86. The Balaban J connectivity index is 2.06. The maximum absolute atomic E-state index is 11.3. The molecular weight excluding hydrogens is 222 g/mol. The molecule has 5 heteroatoms. The van der Waals surface area contributed by atoms with E-state index in [2.05, 4.69) is 17.6 Å². The number of carbonyl (C=O) groups excluding carboxylic acids is 1. The Labute approximate surface area is 101 Å². The van der Waals surface area contributed by atoms with Crippen LogP contribution in [0.2, 0.25) is 0 Å². The van der Waals surface area contributed by atoms with Crippen LogP contribution in [0.3, 0.4) is 0 Å². The summed E-state index contributed by atoms with van der Waals surface area (Å²) >= 11 is 1.98. The van der Waals surface area contributed by atoms with Crippen LogP contribution in [0, 0.1) is 11.3 Å². The van der Waals surface area contributed by atoms with Gasteiger partial charge in [-0.25, -0.2) is 0 Å². The van der Waals surface area contributed by atoms with Gasteiger partial charge in [-0.05, 0) is 25.5 Å². The first-order valence-corrected chi connectivity index (χ1v) is 6.63. The van der Waals surface area contributed by atoms with Gasteiger partial charge in [0.05, 0.1) is 19.0 Å². The van der Waals surface area contributed by atoms with E-state index in [1.54, 1.807) is 0 Å². The van der Waals surface area contributed by atoms with Gasteiger partial charge in [-0.15, -0.1) is 0 Å². The second kappa shape index (κ2) is 6.77. The molecule has 0 bridgehead atoms. The Bertz CT molecular complexity index is 269. The van der Waals surface area contributed by atoms with Crippen LogP contribution in [0.5, 0.6) is 0 Å². The van der Waals surface area contributed by atoms with Gasteiger partial charge in [-0.1, -0.05) is 0 Å². The molecule has 0 aliphatic carbocycles. The van der Waals surface area contributed by atoms with Crippen molar-refractivity contribution in [2.24, 2.45) is 0 Å². The zero-order valence-electron chi connectivity index (χ0n) is 9.71. The number of hydrogen-bond donors (Lipinski definition) is 2. The van der Waals surface area contributed by atoms with Crippen LogP contribution < -0.4 is 10.6 Å². The smallest absolute Gasteiger partial charge is 0.233 e. The molecule has 0 aromatic heterocycles. The fourth-order valence-corrected chi connectivity index (χ4v) is 3.01. The maximum atomic E-state index is 11.3. The summed E-state index contributed by atoms with van der Waals surface area (Å²) in [7, 11) is 0. The van der Waals surface area contributed by atoms with Gasteiger partial charge in [0.1, 0.15) is 0 Å². The first-order valence-electron chi connectivity index (χ1n) is 5.65. The van der Waals surface area contributed by atoms with Crippen molar-refractivity contribution in [1.82, 2.24) is 10.6 Å². The number of thioether (sulfide) groups is 1. The summed E-state index contributed by atoms with van der Waals surface area (Å²) in [4.78, 5) is 11.3. The highest BCUT2D eigenvalue weighted by atomic mass is 32.2. The molecule has 0 radical (unpaired) electrons. The summed E-state index contributed by atoms with van der Waals surface area (Å²) in [5.41, 5.74) is 0. The molecule has 1 atom stereocenters. The van der Waals surface area contributed by atoms with Crippen molar-refractivity contribution in [1.29, 1.82) is 5.26 Å². The second-order valence-corrected chi connectivity index (χ2v) is 5.95. The van der Waals surface area contributed by atoms with Crippen molar-refractivity contribution >= 4 is 17.7 Å². The highest BCUT2D eigenvalue weighted by molar-refractivity contribution is 8.00. The van der Waals surface area contributed by atoms with E-state index in [1.165, 1.54) is 18.6 Å². The molecule has 1 heterocycles. The quantitative estimate of drug-likeness (QED) is 0.678. The highest BCUT2D eigenvalue weighted by Gasteiger charge is 2.28. The van der Waals surface area contributed by atoms with Crippen molar-refractivity contribution in [3.63, 3.8) is 0 Å². The SMILES string of the molecule is CC1(CNCC(=O)NCCC#N)CCCS1. The van der Waals surface area contributed by atoms with Crippen molar-refractivity contribution in [2.75, 3.05) is 25.4 Å². The van der Waals surface area contributed by atoms with Crippen molar-refractivity contribution in [3.05, 3.63) is 0 Å². The van der Waals surface area contributed by atoms with Gasteiger partial charge < -0.3 is 10.6 Å². The molecule has 1 aliphatic heterocycles. The van der Waals surface area contributed by atoms with Crippen LogP contribution in [-0.2, 0) is 4.79 Å². The topological polar surface area (TPSA) is 64.9 Å². The minimum Gasteiger partial charge on any atom is -0.354 e. The molecule has 1 aliphatic rings. The molecule has 4 nitrogen and oxygen atoms in total. The number of rotatable bonds is 6. The number of nitrogens with zero attached hydrogens (tertiary/aromatic N) is 1. The Morgan fingerprint density at radius 1 is 1.62 bits per heavy atom. The highest BCUT2D eigenvalue weighted by Crippen LogP contribution is 2.36. The van der Waals surface area contributed by atoms with E-state index in [9.17, 15) is 4.79 Å². The minimum absolute atomic E-state index is 0.0261. The van der Waals surface area contributed by atoms with Gasteiger partial charge in [0.2, 0.25) is 5.91 Å². The number of amides is 1. The Hall–Kier alpha value is -0.730. The van der Waals surface area contributed by atoms with Gasteiger partial charge in [-0.3, -0.25) is 4.79 Å². The van der Waals surface area contributed by atoms with Crippen molar-refractivity contribution < 1.29 is 4.79 Å². The lowest BCUT2D eigenvalue weighted by atomic mass is 10.1. The molecule has 1 amide bonds. The largest absolute Gasteiger partial charge is 0.354 e. The van der Waals surface area contributed by atoms with Crippen LogP contribution in [0.15, 0.2) is 0 Å². The van der Waals surface area contributed by atoms with Crippen LogP contribution in [0.1, 0.15) is 26.2 Å². The average Bonchev–Trinajstić information content (AvgIpc) is 2.66. The molecule has 0 saturated carbocycles. The lowest BCUT2D eigenvalue weighted by molar-refractivity contribution is -0.120. The van der Waals surface area contributed by atoms with Gasteiger partial charge in [-0.2, -0.15) is 17.0 Å². The second-order valence-electron chi connectivity index (χ2n) is 4.26. The van der Waals surface area contributed by atoms with E-state index in [0.717, 1.165) is 6.54 Å². The van der Waals surface area contributed by atoms with E-state index in [0.29, 0.717) is 24.3 Å². The Morgan fingerprint density at radius 2 is 2.44 bits per heavy atom. The summed E-state index contributed by atoms with van der Waals surface area (Å²) in [5, 5.41) is 14.2. The fraction of sp³-hybridized carbons (Fsp3) is 0.818. The minimum atomic E-state index is -0.0261. The molecule has 16 heavy (non-hydrogen) atoms. The number of hydrogen-bond acceptors (Lipinski definition) is 4. The summed E-state index contributed by atoms with van der Waals surface area (Å²) < 4.78 is 0.299. The number of carbonyl (C=O) groups is 1. The normalized spacial score (nSPS) is 24.0. The first kappa shape index (κ1) is 13.3. The van der Waals surface area contributed by atoms with Gasteiger partial charge in [0.15, 0.2) is 0 Å². The summed E-state index contributed by atoms with van der Waals surface area (Å²) in [5.74, 6) is 1.20. The first-order chi connectivity index (χ1) is 7.66. The average molecular weight is 241 g/mol. The van der Waals surface area contributed by atoms with Crippen LogP contribution >= 0.6 is 11.8 Å². The van der Waals surface area contributed by atoms with Crippen molar-refractivity contribution in [2.45, 2.75) is 30.9 Å². The molecule has 0 aromatic carbocycles. The standard InChI is InChI=1S/C11H19N3OS/c1-11(4-2-7-16-11)9-13-8-10(15)14-6-3-5-12/h13H,2-4,6-9H2,1H3,(H,14,15). The zero-order chi connectivity index (χ0) is 11.9. The molecule has 1 rings (SSSR count). The van der Waals surface area contributed by atoms with E-state index in [4.69, 9.17) is 5.26 Å².